The maximum Gasteiger partial charge on any atom is 0.226 e. The quantitative estimate of drug-likeness (QED) is 0.733. The summed E-state index contributed by atoms with van der Waals surface area (Å²) in [5.74, 6) is 0.411. The molecule has 23 heavy (non-hydrogen) atoms. The average molecular weight is 371 g/mol. The first-order valence-corrected chi connectivity index (χ1v) is 7.90. The van der Waals surface area contributed by atoms with E-state index in [9.17, 15) is 4.39 Å². The van der Waals surface area contributed by atoms with Crippen molar-refractivity contribution < 1.29 is 4.39 Å². The SMILES string of the molecule is Fc1ccc(C2=C[C@@H](c3cccc(Br)c3)n3ncnc3N2)cc1. The maximum absolute atomic E-state index is 13.2. The van der Waals surface area contributed by atoms with Crippen LogP contribution in [-0.4, -0.2) is 14.8 Å². The fraction of sp³-hybridized carbons (Fsp3) is 0.0588. The summed E-state index contributed by atoms with van der Waals surface area (Å²) in [6.07, 6.45) is 3.59. The summed E-state index contributed by atoms with van der Waals surface area (Å²) >= 11 is 3.50. The van der Waals surface area contributed by atoms with Crippen LogP contribution in [0.2, 0.25) is 0 Å². The van der Waals surface area contributed by atoms with Crippen LogP contribution in [0.3, 0.4) is 0 Å². The molecule has 4 rings (SSSR count). The van der Waals surface area contributed by atoms with Gasteiger partial charge in [0.05, 0.1) is 0 Å². The first-order valence-electron chi connectivity index (χ1n) is 7.10. The lowest BCUT2D eigenvalue weighted by molar-refractivity contribution is 0.611. The molecular weight excluding hydrogens is 359 g/mol. The van der Waals surface area contributed by atoms with Crippen LogP contribution < -0.4 is 5.32 Å². The summed E-state index contributed by atoms with van der Waals surface area (Å²) < 4.78 is 16.0. The van der Waals surface area contributed by atoms with Gasteiger partial charge in [0.25, 0.3) is 0 Å². The minimum Gasteiger partial charge on any atom is -0.324 e. The standard InChI is InChI=1S/C17H12BrFN4/c18-13-3-1-2-12(8-13)16-9-15(11-4-6-14(19)7-5-11)22-17-20-10-21-23(16)17/h1-10,16H,(H,20,21,22)/t16-/m0/s1. The third-order valence-electron chi connectivity index (χ3n) is 3.75. The van der Waals surface area contributed by atoms with Gasteiger partial charge in [-0.2, -0.15) is 10.1 Å². The van der Waals surface area contributed by atoms with Crippen molar-refractivity contribution in [3.8, 4) is 0 Å². The van der Waals surface area contributed by atoms with Crippen LogP contribution in [0.25, 0.3) is 5.70 Å². The van der Waals surface area contributed by atoms with Gasteiger partial charge < -0.3 is 5.32 Å². The summed E-state index contributed by atoms with van der Waals surface area (Å²) in [6, 6.07) is 14.4. The van der Waals surface area contributed by atoms with E-state index in [1.54, 1.807) is 12.1 Å². The molecule has 0 unspecified atom stereocenters. The molecular formula is C17H12BrFN4. The molecule has 0 bridgehead atoms. The fourth-order valence-corrected chi connectivity index (χ4v) is 3.08. The molecule has 0 fully saturated rings. The second-order valence-corrected chi connectivity index (χ2v) is 6.16. The van der Waals surface area contributed by atoms with E-state index in [0.29, 0.717) is 5.95 Å². The van der Waals surface area contributed by atoms with E-state index in [-0.39, 0.29) is 11.9 Å². The number of aromatic nitrogens is 3. The summed E-state index contributed by atoms with van der Waals surface area (Å²) in [7, 11) is 0. The van der Waals surface area contributed by atoms with Gasteiger partial charge in [-0.05, 0) is 53.6 Å². The highest BCUT2D eigenvalue weighted by atomic mass is 79.9. The van der Waals surface area contributed by atoms with Gasteiger partial charge in [0.15, 0.2) is 0 Å². The van der Waals surface area contributed by atoms with Crippen LogP contribution in [0.1, 0.15) is 17.2 Å². The van der Waals surface area contributed by atoms with Crippen LogP contribution in [0.15, 0.2) is 65.4 Å². The molecule has 1 atom stereocenters. The molecule has 0 aliphatic carbocycles. The van der Waals surface area contributed by atoms with Gasteiger partial charge in [0, 0.05) is 10.2 Å². The Labute approximate surface area is 140 Å². The fourth-order valence-electron chi connectivity index (χ4n) is 2.66. The Morgan fingerprint density at radius 1 is 1.13 bits per heavy atom. The number of benzene rings is 2. The van der Waals surface area contributed by atoms with Crippen molar-refractivity contribution in [1.82, 2.24) is 14.8 Å². The molecule has 6 heteroatoms. The van der Waals surface area contributed by atoms with Crippen LogP contribution in [-0.2, 0) is 0 Å². The molecule has 1 aliphatic rings. The van der Waals surface area contributed by atoms with Gasteiger partial charge in [0.1, 0.15) is 18.2 Å². The molecule has 3 aromatic rings. The summed E-state index contributed by atoms with van der Waals surface area (Å²) in [6.45, 7) is 0. The number of rotatable bonds is 2. The number of halogens is 2. The molecule has 1 N–H and O–H groups in total. The Morgan fingerprint density at radius 3 is 2.74 bits per heavy atom. The number of hydrogen-bond donors (Lipinski definition) is 1. The van der Waals surface area contributed by atoms with E-state index in [0.717, 1.165) is 21.3 Å². The minimum absolute atomic E-state index is 0.0775. The topological polar surface area (TPSA) is 42.7 Å². The number of allylic oxidation sites excluding steroid dienone is 1. The molecule has 2 aromatic carbocycles. The Bertz CT molecular complexity index is 886. The van der Waals surface area contributed by atoms with E-state index < -0.39 is 0 Å². The summed E-state index contributed by atoms with van der Waals surface area (Å²) in [5, 5.41) is 7.55. The molecule has 0 amide bonds. The van der Waals surface area contributed by atoms with Crippen molar-refractivity contribution in [2.75, 3.05) is 5.32 Å². The molecule has 4 nitrogen and oxygen atoms in total. The summed E-state index contributed by atoms with van der Waals surface area (Å²) in [4.78, 5) is 4.26. The molecule has 0 saturated carbocycles. The van der Waals surface area contributed by atoms with Gasteiger partial charge >= 0.3 is 0 Å². The Balaban J connectivity index is 1.81. The lowest BCUT2D eigenvalue weighted by Gasteiger charge is -2.24. The van der Waals surface area contributed by atoms with Crippen molar-refractivity contribution in [3.63, 3.8) is 0 Å². The molecule has 114 valence electrons. The monoisotopic (exact) mass is 370 g/mol. The molecule has 0 saturated heterocycles. The zero-order chi connectivity index (χ0) is 15.8. The number of nitrogens with one attached hydrogen (secondary N) is 1. The highest BCUT2D eigenvalue weighted by Gasteiger charge is 2.23. The Hall–Kier alpha value is -2.47. The van der Waals surface area contributed by atoms with Gasteiger partial charge in [0.2, 0.25) is 5.95 Å². The third kappa shape index (κ3) is 2.66. The molecule has 0 radical (unpaired) electrons. The van der Waals surface area contributed by atoms with Gasteiger partial charge in [-0.3, -0.25) is 0 Å². The largest absolute Gasteiger partial charge is 0.324 e. The second kappa shape index (κ2) is 5.62. The predicted octanol–water partition coefficient (Wildman–Crippen LogP) is 4.24. The number of anilines is 1. The Morgan fingerprint density at radius 2 is 1.96 bits per heavy atom. The van der Waals surface area contributed by atoms with Crippen LogP contribution in [0.4, 0.5) is 10.3 Å². The smallest absolute Gasteiger partial charge is 0.226 e. The van der Waals surface area contributed by atoms with Crippen molar-refractivity contribution in [2.24, 2.45) is 0 Å². The van der Waals surface area contributed by atoms with Crippen LogP contribution >= 0.6 is 15.9 Å². The van der Waals surface area contributed by atoms with E-state index >= 15 is 0 Å². The highest BCUT2D eigenvalue weighted by Crippen LogP contribution is 2.32. The zero-order valence-corrected chi connectivity index (χ0v) is 13.5. The third-order valence-corrected chi connectivity index (χ3v) is 4.25. The number of nitrogens with zero attached hydrogens (tertiary/aromatic N) is 3. The average Bonchev–Trinajstić information content (AvgIpc) is 3.03. The zero-order valence-electron chi connectivity index (χ0n) is 11.9. The summed E-state index contributed by atoms with van der Waals surface area (Å²) in [5.41, 5.74) is 2.88. The van der Waals surface area contributed by atoms with E-state index in [2.05, 4.69) is 43.5 Å². The van der Waals surface area contributed by atoms with E-state index in [1.807, 2.05) is 22.9 Å². The normalized spacial score (nSPS) is 16.4. The minimum atomic E-state index is -0.253. The predicted molar refractivity (Wildman–Crippen MR) is 90.3 cm³/mol. The lowest BCUT2D eigenvalue weighted by atomic mass is 10.0. The molecule has 1 aliphatic heterocycles. The van der Waals surface area contributed by atoms with Crippen molar-refractivity contribution in [1.29, 1.82) is 0 Å². The van der Waals surface area contributed by atoms with Gasteiger partial charge in [-0.25, -0.2) is 9.07 Å². The molecule has 0 spiro atoms. The van der Waals surface area contributed by atoms with Gasteiger partial charge in [-0.1, -0.05) is 28.1 Å². The lowest BCUT2D eigenvalue weighted by Crippen LogP contribution is -2.20. The van der Waals surface area contributed by atoms with Crippen molar-refractivity contribution >= 4 is 27.6 Å². The Kier molecular flexibility index (Phi) is 3.46. The maximum atomic E-state index is 13.2. The van der Waals surface area contributed by atoms with Crippen molar-refractivity contribution in [2.45, 2.75) is 6.04 Å². The second-order valence-electron chi connectivity index (χ2n) is 5.24. The first kappa shape index (κ1) is 14.1. The highest BCUT2D eigenvalue weighted by molar-refractivity contribution is 9.10. The molecule has 2 heterocycles. The number of fused-ring (bicyclic) bond motifs is 1. The van der Waals surface area contributed by atoms with E-state index in [1.165, 1.54) is 18.5 Å². The van der Waals surface area contributed by atoms with Crippen LogP contribution in [0.5, 0.6) is 0 Å². The van der Waals surface area contributed by atoms with Crippen LogP contribution in [0, 0.1) is 5.82 Å². The molecule has 1 aromatic heterocycles. The number of hydrogen-bond acceptors (Lipinski definition) is 3. The van der Waals surface area contributed by atoms with Gasteiger partial charge in [-0.15, -0.1) is 0 Å². The first-order chi connectivity index (χ1) is 11.2. The van der Waals surface area contributed by atoms with Crippen molar-refractivity contribution in [3.05, 3.63) is 82.4 Å². The van der Waals surface area contributed by atoms with E-state index in [4.69, 9.17) is 0 Å².